The molecule has 1 aliphatic rings. The van der Waals surface area contributed by atoms with Crippen LogP contribution >= 0.6 is 0 Å². The highest BCUT2D eigenvalue weighted by Crippen LogP contribution is 2.42. The Morgan fingerprint density at radius 1 is 1.07 bits per heavy atom. The molecule has 5 aromatic rings. The molecule has 3 heterocycles. The van der Waals surface area contributed by atoms with E-state index in [2.05, 4.69) is 20.3 Å². The van der Waals surface area contributed by atoms with Gasteiger partial charge in [0.05, 0.1) is 28.4 Å². The van der Waals surface area contributed by atoms with Crippen molar-refractivity contribution in [1.82, 2.24) is 15.3 Å². The lowest BCUT2D eigenvalue weighted by atomic mass is 9.97. The summed E-state index contributed by atoms with van der Waals surface area (Å²) in [6.07, 6.45) is 6.35. The number of imidazole rings is 1. The van der Waals surface area contributed by atoms with Gasteiger partial charge in [0.25, 0.3) is 5.91 Å². The van der Waals surface area contributed by atoms with Gasteiger partial charge >= 0.3 is 0 Å². The molecular formula is C33H29F2N5O4S. The Hall–Kier alpha value is -5.10. The lowest BCUT2D eigenvalue weighted by Gasteiger charge is -2.21. The summed E-state index contributed by atoms with van der Waals surface area (Å²) >= 11 is 0. The summed E-state index contributed by atoms with van der Waals surface area (Å²) in [7, 11) is -0.893. The first-order valence-electron chi connectivity index (χ1n) is 14.1. The van der Waals surface area contributed by atoms with Crippen LogP contribution in [0.3, 0.4) is 0 Å². The fourth-order valence-corrected chi connectivity index (χ4v) is 5.76. The maximum Gasteiger partial charge on any atom is 0.255 e. The second kappa shape index (κ2) is 11.4. The number of furan rings is 1. The number of amides is 1. The number of benzene rings is 3. The summed E-state index contributed by atoms with van der Waals surface area (Å²) in [5, 5.41) is 3.68. The fourth-order valence-electron chi connectivity index (χ4n) is 5.25. The third kappa shape index (κ3) is 5.53. The summed E-state index contributed by atoms with van der Waals surface area (Å²) in [4.78, 5) is 25.4. The number of hydrogen-bond donors (Lipinski definition) is 2. The number of carbonyl (C=O) groups is 1. The van der Waals surface area contributed by atoms with Crippen molar-refractivity contribution in [2.75, 3.05) is 24.7 Å². The number of aromatic nitrogens is 2. The minimum atomic E-state index is -3.76. The first kappa shape index (κ1) is 29.9. The molecule has 0 bridgehead atoms. The number of hydrogen-bond acceptors (Lipinski definition) is 6. The van der Waals surface area contributed by atoms with Crippen molar-refractivity contribution in [3.05, 3.63) is 94.4 Å². The van der Waals surface area contributed by atoms with Gasteiger partial charge in [-0.25, -0.2) is 27.2 Å². The van der Waals surface area contributed by atoms with E-state index in [0.29, 0.717) is 39.3 Å². The summed E-state index contributed by atoms with van der Waals surface area (Å²) in [5.41, 5.74) is 3.71. The molecular weight excluding hydrogens is 600 g/mol. The highest BCUT2D eigenvalue weighted by Gasteiger charge is 2.26. The van der Waals surface area contributed by atoms with Crippen molar-refractivity contribution < 1.29 is 26.4 Å². The van der Waals surface area contributed by atoms with E-state index in [-0.39, 0.29) is 34.0 Å². The summed E-state index contributed by atoms with van der Waals surface area (Å²) in [5.74, 6) is -1.00. The molecule has 1 amide bonds. The number of fused-ring (bicyclic) bond motifs is 2. The number of allylic oxidation sites excluding steroid dienone is 1. The van der Waals surface area contributed by atoms with Crippen LogP contribution in [0.5, 0.6) is 0 Å². The fraction of sp³-hybridized carbons (Fsp3) is 0.182. The number of nitrogens with zero attached hydrogens (tertiary/aromatic N) is 3. The van der Waals surface area contributed by atoms with Crippen LogP contribution in [0.1, 0.15) is 30.1 Å². The topological polar surface area (TPSA) is 121 Å². The van der Waals surface area contributed by atoms with Crippen LogP contribution in [-0.2, 0) is 10.0 Å². The molecule has 9 nitrogen and oxygen atoms in total. The van der Waals surface area contributed by atoms with Crippen LogP contribution in [0.4, 0.5) is 14.5 Å². The molecule has 6 rings (SSSR count). The largest absolute Gasteiger partial charge is 0.455 e. The molecule has 0 radical (unpaired) electrons. The minimum Gasteiger partial charge on any atom is -0.455 e. The van der Waals surface area contributed by atoms with Gasteiger partial charge in [-0.3, -0.25) is 9.10 Å². The van der Waals surface area contributed by atoms with E-state index >= 15 is 4.39 Å². The van der Waals surface area contributed by atoms with Gasteiger partial charge in [-0.2, -0.15) is 0 Å². The zero-order valence-corrected chi connectivity index (χ0v) is 25.7. The van der Waals surface area contributed by atoms with Crippen molar-refractivity contribution in [3.63, 3.8) is 0 Å². The molecule has 0 saturated carbocycles. The minimum absolute atomic E-state index is 0.155. The number of sulfonamides is 1. The lowest BCUT2D eigenvalue weighted by molar-refractivity contribution is 0.0964. The maximum absolute atomic E-state index is 15.4. The number of aromatic amines is 1. The van der Waals surface area contributed by atoms with Gasteiger partial charge in [-0.15, -0.1) is 0 Å². The molecule has 0 unspecified atom stereocenters. The van der Waals surface area contributed by atoms with E-state index in [1.165, 1.54) is 56.6 Å². The smallest absolute Gasteiger partial charge is 0.255 e. The SMILES string of the molecule is CCC1=CN=c2nc(-c3cc(-c4cc5c(C(=O)NC)c(-c6ccc(F)cc6)oc5cc4N(C)S(C)(=O)=O)ccc3F)[nH]c2=CC1. The zero-order chi connectivity index (χ0) is 32.0. The first-order chi connectivity index (χ1) is 21.5. The molecule has 230 valence electrons. The number of halogens is 2. The molecule has 12 heteroatoms. The van der Waals surface area contributed by atoms with Crippen LogP contribution < -0.4 is 20.5 Å². The van der Waals surface area contributed by atoms with Gasteiger partial charge < -0.3 is 14.7 Å². The second-order valence-electron chi connectivity index (χ2n) is 10.7. The van der Waals surface area contributed by atoms with Gasteiger partial charge in [0, 0.05) is 42.9 Å². The Morgan fingerprint density at radius 3 is 2.49 bits per heavy atom. The number of anilines is 1. The number of H-pyrrole nitrogens is 1. The van der Waals surface area contributed by atoms with Crippen LogP contribution in [0, 0.1) is 11.6 Å². The van der Waals surface area contributed by atoms with Crippen molar-refractivity contribution in [2.45, 2.75) is 19.8 Å². The van der Waals surface area contributed by atoms with Crippen LogP contribution in [0.15, 0.2) is 75.8 Å². The zero-order valence-electron chi connectivity index (χ0n) is 24.9. The molecule has 1 aliphatic heterocycles. The maximum atomic E-state index is 15.4. The van der Waals surface area contributed by atoms with Crippen molar-refractivity contribution in [2.24, 2.45) is 4.99 Å². The quantitative estimate of drug-likeness (QED) is 0.254. The molecule has 0 aliphatic carbocycles. The molecule has 45 heavy (non-hydrogen) atoms. The van der Waals surface area contributed by atoms with Gasteiger partial charge in [0.2, 0.25) is 10.0 Å². The average molecular weight is 630 g/mol. The Balaban J connectivity index is 1.59. The average Bonchev–Trinajstić information content (AvgIpc) is 3.55. The van der Waals surface area contributed by atoms with Gasteiger partial charge in [0.15, 0.2) is 5.49 Å². The second-order valence-corrected chi connectivity index (χ2v) is 12.7. The van der Waals surface area contributed by atoms with Crippen molar-refractivity contribution in [1.29, 1.82) is 0 Å². The molecule has 2 N–H and O–H groups in total. The van der Waals surface area contributed by atoms with Gasteiger partial charge in [-0.1, -0.05) is 19.1 Å². The van der Waals surface area contributed by atoms with Crippen molar-refractivity contribution >= 4 is 38.7 Å². The van der Waals surface area contributed by atoms with E-state index in [4.69, 9.17) is 4.42 Å². The molecule has 3 aromatic carbocycles. The van der Waals surface area contributed by atoms with E-state index in [1.54, 1.807) is 18.3 Å². The molecule has 0 spiro atoms. The van der Waals surface area contributed by atoms with Crippen LogP contribution in [-0.4, -0.2) is 44.6 Å². The number of nitrogens with one attached hydrogen (secondary N) is 2. The Morgan fingerprint density at radius 2 is 1.80 bits per heavy atom. The monoisotopic (exact) mass is 629 g/mol. The third-order valence-electron chi connectivity index (χ3n) is 7.84. The number of carbonyl (C=O) groups excluding carboxylic acids is 1. The Kier molecular flexibility index (Phi) is 7.61. The van der Waals surface area contributed by atoms with Gasteiger partial charge in [-0.05, 0) is 66.4 Å². The van der Waals surface area contributed by atoms with Crippen molar-refractivity contribution in [3.8, 4) is 33.8 Å². The van der Waals surface area contributed by atoms with E-state index in [0.717, 1.165) is 22.6 Å². The third-order valence-corrected chi connectivity index (χ3v) is 9.03. The number of rotatable bonds is 7. The van der Waals surface area contributed by atoms with Gasteiger partial charge in [0.1, 0.15) is 28.8 Å². The molecule has 0 fully saturated rings. The summed E-state index contributed by atoms with van der Waals surface area (Å²) in [6.45, 7) is 2.05. The molecule has 2 aromatic heterocycles. The molecule has 0 saturated heterocycles. The highest BCUT2D eigenvalue weighted by molar-refractivity contribution is 7.92. The van der Waals surface area contributed by atoms with Crippen LogP contribution in [0.2, 0.25) is 0 Å². The van der Waals surface area contributed by atoms with Crippen LogP contribution in [0.25, 0.3) is 50.9 Å². The summed E-state index contributed by atoms with van der Waals surface area (Å²) in [6, 6.07) is 13.0. The normalized spacial score (nSPS) is 13.0. The van der Waals surface area contributed by atoms with E-state index in [1.807, 2.05) is 13.0 Å². The predicted molar refractivity (Wildman–Crippen MR) is 169 cm³/mol. The van der Waals surface area contributed by atoms with E-state index < -0.39 is 27.6 Å². The lowest BCUT2D eigenvalue weighted by Crippen LogP contribution is -2.25. The summed E-state index contributed by atoms with van der Waals surface area (Å²) < 4.78 is 61.8. The molecule has 0 atom stereocenters. The first-order valence-corrected chi connectivity index (χ1v) is 16.0. The highest BCUT2D eigenvalue weighted by atomic mass is 32.2. The standard InChI is InChI=1S/C33H29F2N5O4S/c1-5-18-6-13-26-32(37-17-18)39-31(38-26)23-14-20(9-12-25(23)35)22-15-24-28(16-27(22)40(3)45(4,42)43)44-30(29(24)33(41)36-2)19-7-10-21(34)11-8-19/h7-17H,5-6H2,1-4H3,(H,36,41)(H,37,38,39). The predicted octanol–water partition coefficient (Wildman–Crippen LogP) is 5.29. The Labute approximate surface area is 257 Å². The van der Waals surface area contributed by atoms with E-state index in [9.17, 15) is 17.6 Å². The Bertz CT molecular complexity index is 2250.